The van der Waals surface area contributed by atoms with Crippen LogP contribution in [0.25, 0.3) is 0 Å². The lowest BCUT2D eigenvalue weighted by Crippen LogP contribution is -2.30. The Labute approximate surface area is 102 Å². The zero-order valence-electron chi connectivity index (χ0n) is 9.07. The van der Waals surface area contributed by atoms with Crippen molar-refractivity contribution in [3.05, 3.63) is 11.7 Å². The molecule has 96 valence electrons. The van der Waals surface area contributed by atoms with E-state index < -0.39 is 17.3 Å². The van der Waals surface area contributed by atoms with Crippen molar-refractivity contribution in [1.29, 1.82) is 0 Å². The van der Waals surface area contributed by atoms with Crippen molar-refractivity contribution in [2.45, 2.75) is 24.3 Å². The highest BCUT2D eigenvalue weighted by Gasteiger charge is 2.36. The molecule has 1 aliphatic rings. The van der Waals surface area contributed by atoms with Gasteiger partial charge >= 0.3 is 11.3 Å². The second-order valence-electron chi connectivity index (χ2n) is 4.07. The molecular formula is C9H13ClF2N4O. The molecule has 0 saturated carbocycles. The summed E-state index contributed by atoms with van der Waals surface area (Å²) in [6.07, 6.45) is 2.26. The van der Waals surface area contributed by atoms with E-state index in [0.717, 1.165) is 25.9 Å². The Balaban J connectivity index is 1.99. The minimum absolute atomic E-state index is 0.0622. The van der Waals surface area contributed by atoms with Gasteiger partial charge in [-0.2, -0.15) is 13.8 Å². The van der Waals surface area contributed by atoms with Gasteiger partial charge in [-0.25, -0.2) is 0 Å². The van der Waals surface area contributed by atoms with E-state index in [4.69, 9.17) is 17.3 Å². The highest BCUT2D eigenvalue weighted by Crippen LogP contribution is 2.31. The third-order valence-corrected chi connectivity index (χ3v) is 2.83. The van der Waals surface area contributed by atoms with Crippen molar-refractivity contribution >= 4 is 11.6 Å². The first kappa shape index (κ1) is 12.7. The van der Waals surface area contributed by atoms with Crippen LogP contribution in [0.5, 0.6) is 0 Å². The number of nitrogens with zero attached hydrogens (tertiary/aromatic N) is 3. The van der Waals surface area contributed by atoms with Gasteiger partial charge < -0.3 is 15.2 Å². The van der Waals surface area contributed by atoms with Crippen molar-refractivity contribution in [2.24, 2.45) is 5.73 Å². The molecule has 0 aliphatic carbocycles. The largest absolute Gasteiger partial charge is 0.400 e. The Morgan fingerprint density at radius 1 is 1.47 bits per heavy atom. The quantitative estimate of drug-likeness (QED) is 0.836. The predicted molar refractivity (Wildman–Crippen MR) is 56.6 cm³/mol. The first-order chi connectivity index (χ1) is 7.97. The molecule has 8 heteroatoms. The van der Waals surface area contributed by atoms with E-state index in [1.807, 2.05) is 0 Å². The van der Waals surface area contributed by atoms with Crippen molar-refractivity contribution in [3.8, 4) is 0 Å². The van der Waals surface area contributed by atoms with Crippen LogP contribution < -0.4 is 5.73 Å². The first-order valence-electron chi connectivity index (χ1n) is 5.35. The number of hydrogen-bond donors (Lipinski definition) is 1. The molecule has 1 aromatic heterocycles. The van der Waals surface area contributed by atoms with Crippen molar-refractivity contribution in [2.75, 3.05) is 19.6 Å². The lowest BCUT2D eigenvalue weighted by molar-refractivity contribution is 0.0550. The number of likely N-dealkylation sites (tertiary alicyclic amines) is 1. The smallest absolute Gasteiger partial charge is 0.331 e. The monoisotopic (exact) mass is 266 g/mol. The van der Waals surface area contributed by atoms with Crippen LogP contribution in [-0.4, -0.2) is 34.7 Å². The average molecular weight is 267 g/mol. The molecule has 0 amide bonds. The molecule has 1 unspecified atom stereocenters. The molecule has 2 N–H and O–H groups in total. The molecule has 1 saturated heterocycles. The lowest BCUT2D eigenvalue weighted by atomic mass is 10.3. The van der Waals surface area contributed by atoms with Gasteiger partial charge in [-0.05, 0) is 37.5 Å². The highest BCUT2D eigenvalue weighted by atomic mass is 35.5. The van der Waals surface area contributed by atoms with Gasteiger partial charge in [-0.15, -0.1) is 0 Å². The standard InChI is InChI=1S/C9H13ClF2N4O/c10-9(11,12)8-14-7(15-17-8)6(13)5-16-3-1-2-4-16/h6H,1-5,13H2. The molecule has 1 atom stereocenters. The number of halogens is 3. The van der Waals surface area contributed by atoms with Crippen molar-refractivity contribution < 1.29 is 13.3 Å². The summed E-state index contributed by atoms with van der Waals surface area (Å²) in [4.78, 5) is 5.65. The molecule has 0 radical (unpaired) electrons. The summed E-state index contributed by atoms with van der Waals surface area (Å²) in [5.74, 6) is -0.849. The van der Waals surface area contributed by atoms with Crippen LogP contribution in [-0.2, 0) is 5.38 Å². The Bertz CT molecular complexity index is 375. The average Bonchev–Trinajstić information content (AvgIpc) is 2.85. The van der Waals surface area contributed by atoms with Crippen LogP contribution in [0.2, 0.25) is 0 Å². The van der Waals surface area contributed by atoms with E-state index in [1.54, 1.807) is 0 Å². The lowest BCUT2D eigenvalue weighted by Gasteiger charge is -2.17. The molecule has 1 aromatic rings. The minimum Gasteiger partial charge on any atom is -0.331 e. The third kappa shape index (κ3) is 3.11. The van der Waals surface area contributed by atoms with E-state index >= 15 is 0 Å². The van der Waals surface area contributed by atoms with E-state index in [0.29, 0.717) is 6.54 Å². The van der Waals surface area contributed by atoms with Gasteiger partial charge in [0, 0.05) is 6.54 Å². The normalized spacial score (nSPS) is 19.8. The fourth-order valence-corrected chi connectivity index (χ4v) is 1.90. The second kappa shape index (κ2) is 4.83. The molecule has 1 aliphatic heterocycles. The Morgan fingerprint density at radius 2 is 2.12 bits per heavy atom. The van der Waals surface area contributed by atoms with Crippen LogP contribution in [0.4, 0.5) is 8.78 Å². The fourth-order valence-electron chi connectivity index (χ4n) is 1.83. The Hall–Kier alpha value is -0.790. The van der Waals surface area contributed by atoms with Crippen LogP contribution in [0.15, 0.2) is 4.52 Å². The molecule has 1 fully saturated rings. The predicted octanol–water partition coefficient (Wildman–Crippen LogP) is 1.45. The molecule has 17 heavy (non-hydrogen) atoms. The Kier molecular flexibility index (Phi) is 3.60. The Morgan fingerprint density at radius 3 is 2.65 bits per heavy atom. The zero-order valence-corrected chi connectivity index (χ0v) is 9.83. The topological polar surface area (TPSA) is 68.2 Å². The fraction of sp³-hybridized carbons (Fsp3) is 0.778. The summed E-state index contributed by atoms with van der Waals surface area (Å²) in [6, 6.07) is -0.537. The van der Waals surface area contributed by atoms with Gasteiger partial charge in [-0.3, -0.25) is 0 Å². The van der Waals surface area contributed by atoms with Crippen LogP contribution in [0, 0.1) is 0 Å². The number of nitrogens with two attached hydrogens (primary N) is 1. The maximum Gasteiger partial charge on any atom is 0.400 e. The van der Waals surface area contributed by atoms with Gasteiger partial charge in [0.25, 0.3) is 0 Å². The van der Waals surface area contributed by atoms with Gasteiger partial charge in [0.05, 0.1) is 6.04 Å². The van der Waals surface area contributed by atoms with Crippen LogP contribution in [0.1, 0.15) is 30.6 Å². The molecule has 5 nitrogen and oxygen atoms in total. The van der Waals surface area contributed by atoms with Crippen molar-refractivity contribution in [1.82, 2.24) is 15.0 Å². The summed E-state index contributed by atoms with van der Waals surface area (Å²) in [7, 11) is 0. The van der Waals surface area contributed by atoms with Crippen LogP contribution >= 0.6 is 11.6 Å². The van der Waals surface area contributed by atoms with Gasteiger partial charge in [0.15, 0.2) is 5.82 Å². The van der Waals surface area contributed by atoms with E-state index in [-0.39, 0.29) is 5.82 Å². The number of alkyl halides is 3. The minimum atomic E-state index is -3.64. The van der Waals surface area contributed by atoms with Crippen molar-refractivity contribution in [3.63, 3.8) is 0 Å². The SMILES string of the molecule is NC(CN1CCCC1)c1noc(C(F)(F)Cl)n1. The summed E-state index contributed by atoms with van der Waals surface area (Å²) < 4.78 is 29.7. The molecule has 0 aromatic carbocycles. The molecule has 0 bridgehead atoms. The van der Waals surface area contributed by atoms with Crippen LogP contribution in [0.3, 0.4) is 0 Å². The maximum absolute atomic E-state index is 12.7. The van der Waals surface area contributed by atoms with Gasteiger partial charge in [0.2, 0.25) is 0 Å². The second-order valence-corrected chi connectivity index (χ2v) is 4.54. The summed E-state index contributed by atoms with van der Waals surface area (Å²) >= 11 is 4.77. The van der Waals surface area contributed by atoms with E-state index in [1.165, 1.54) is 0 Å². The molecular weight excluding hydrogens is 254 g/mol. The van der Waals surface area contributed by atoms with E-state index in [9.17, 15) is 8.78 Å². The van der Waals surface area contributed by atoms with Gasteiger partial charge in [0.1, 0.15) is 0 Å². The summed E-state index contributed by atoms with van der Waals surface area (Å²) in [6.45, 7) is 2.46. The van der Waals surface area contributed by atoms with Gasteiger partial charge in [-0.1, -0.05) is 5.16 Å². The molecule has 2 heterocycles. The summed E-state index contributed by atoms with van der Waals surface area (Å²) in [5, 5.41) is -0.218. The number of rotatable bonds is 4. The number of hydrogen-bond acceptors (Lipinski definition) is 5. The third-order valence-electron chi connectivity index (χ3n) is 2.67. The first-order valence-corrected chi connectivity index (χ1v) is 5.73. The number of aromatic nitrogens is 2. The zero-order chi connectivity index (χ0) is 12.5. The highest BCUT2D eigenvalue weighted by molar-refractivity contribution is 6.21. The molecule has 2 rings (SSSR count). The van der Waals surface area contributed by atoms with E-state index in [2.05, 4.69) is 19.6 Å². The molecule has 0 spiro atoms. The summed E-state index contributed by atoms with van der Waals surface area (Å²) in [5.41, 5.74) is 5.82. The maximum atomic E-state index is 12.7.